The maximum atomic E-state index is 12.6. The number of rotatable bonds is 11. The van der Waals surface area contributed by atoms with Gasteiger partial charge in [-0.25, -0.2) is 15.2 Å². The van der Waals surface area contributed by atoms with Crippen molar-refractivity contribution in [3.8, 4) is 22.8 Å². The van der Waals surface area contributed by atoms with Gasteiger partial charge in [-0.2, -0.15) is 5.10 Å². The van der Waals surface area contributed by atoms with Gasteiger partial charge in [0.05, 0.1) is 30.6 Å². The summed E-state index contributed by atoms with van der Waals surface area (Å²) in [5, 5.41) is 10.3. The first-order valence-corrected chi connectivity index (χ1v) is 13.5. The Morgan fingerprint density at radius 2 is 1.85 bits per heavy atom. The number of benzene rings is 3. The van der Waals surface area contributed by atoms with E-state index in [4.69, 9.17) is 25.8 Å². The molecule has 0 aliphatic heterocycles. The summed E-state index contributed by atoms with van der Waals surface area (Å²) in [5.41, 5.74) is 7.35. The van der Waals surface area contributed by atoms with E-state index in [1.54, 1.807) is 31.2 Å². The highest BCUT2D eigenvalue weighted by atomic mass is 35.5. The summed E-state index contributed by atoms with van der Waals surface area (Å²) in [6.45, 7) is 3.69. The molecule has 0 aliphatic carbocycles. The Balaban J connectivity index is 1.35. The van der Waals surface area contributed by atoms with Gasteiger partial charge in [-0.15, -0.1) is 11.3 Å². The minimum absolute atomic E-state index is 0.205. The standard InChI is InChI=1S/C29H27ClN4O5S/c1-4-38-26(35)16-39-27-23(30)13-19(14-25(27)37-3)15-31-34-28(36)21-9-7-20(8-10-21)24-17-40-29(33-24)32-22-11-5-18(2)6-12-22/h5-15,17H,4,16H2,1-3H3,(H,32,33)(H,34,36)/b31-15-. The van der Waals surface area contributed by atoms with Crippen LogP contribution in [0.2, 0.25) is 5.02 Å². The van der Waals surface area contributed by atoms with Crippen molar-refractivity contribution in [2.24, 2.45) is 5.10 Å². The Morgan fingerprint density at radius 3 is 2.55 bits per heavy atom. The number of aromatic nitrogens is 1. The number of amides is 1. The van der Waals surface area contributed by atoms with E-state index >= 15 is 0 Å². The molecule has 4 rings (SSSR count). The van der Waals surface area contributed by atoms with Gasteiger partial charge in [0.25, 0.3) is 5.91 Å². The second-order valence-electron chi connectivity index (χ2n) is 8.43. The number of nitrogens with one attached hydrogen (secondary N) is 2. The van der Waals surface area contributed by atoms with Crippen LogP contribution in [0.15, 0.2) is 71.1 Å². The third-order valence-electron chi connectivity index (χ3n) is 5.52. The third-order valence-corrected chi connectivity index (χ3v) is 6.56. The molecular weight excluding hydrogens is 552 g/mol. The van der Waals surface area contributed by atoms with E-state index in [2.05, 4.69) is 20.8 Å². The molecule has 0 saturated heterocycles. The Bertz CT molecular complexity index is 1500. The maximum absolute atomic E-state index is 12.6. The van der Waals surface area contributed by atoms with Crippen LogP contribution in [0.5, 0.6) is 11.5 Å². The van der Waals surface area contributed by atoms with Gasteiger partial charge in [0.1, 0.15) is 0 Å². The largest absolute Gasteiger partial charge is 0.493 e. The van der Waals surface area contributed by atoms with Crippen LogP contribution in [0.4, 0.5) is 10.8 Å². The van der Waals surface area contributed by atoms with Crippen molar-refractivity contribution in [1.82, 2.24) is 10.4 Å². The van der Waals surface area contributed by atoms with Crippen LogP contribution in [0, 0.1) is 6.92 Å². The number of hydrazone groups is 1. The summed E-state index contributed by atoms with van der Waals surface area (Å²) < 4.78 is 15.6. The molecule has 0 aliphatic rings. The van der Waals surface area contributed by atoms with Crippen molar-refractivity contribution in [2.75, 3.05) is 25.6 Å². The monoisotopic (exact) mass is 578 g/mol. The van der Waals surface area contributed by atoms with E-state index < -0.39 is 5.97 Å². The molecule has 2 N–H and O–H groups in total. The first-order valence-electron chi connectivity index (χ1n) is 12.2. The third kappa shape index (κ3) is 7.58. The molecular formula is C29H27ClN4O5S. The summed E-state index contributed by atoms with van der Waals surface area (Å²) in [4.78, 5) is 28.8. The van der Waals surface area contributed by atoms with Crippen molar-refractivity contribution < 1.29 is 23.8 Å². The van der Waals surface area contributed by atoms with Crippen LogP contribution in [0.1, 0.15) is 28.4 Å². The van der Waals surface area contributed by atoms with Crippen LogP contribution in [0.25, 0.3) is 11.3 Å². The van der Waals surface area contributed by atoms with Crippen LogP contribution in [-0.4, -0.2) is 43.4 Å². The molecule has 0 bridgehead atoms. The second-order valence-corrected chi connectivity index (χ2v) is 9.70. The molecule has 206 valence electrons. The number of aryl methyl sites for hydroxylation is 1. The molecule has 1 heterocycles. The number of anilines is 2. The predicted molar refractivity (Wildman–Crippen MR) is 157 cm³/mol. The highest BCUT2D eigenvalue weighted by molar-refractivity contribution is 7.14. The van der Waals surface area contributed by atoms with Gasteiger partial charge in [0, 0.05) is 22.2 Å². The summed E-state index contributed by atoms with van der Waals surface area (Å²) in [6, 6.07) is 18.4. The predicted octanol–water partition coefficient (Wildman–Crippen LogP) is 6.23. The lowest BCUT2D eigenvalue weighted by Crippen LogP contribution is -2.17. The van der Waals surface area contributed by atoms with E-state index in [9.17, 15) is 9.59 Å². The molecule has 1 aromatic heterocycles. The molecule has 0 spiro atoms. The molecule has 0 radical (unpaired) electrons. The van der Waals surface area contributed by atoms with E-state index in [0.717, 1.165) is 22.1 Å². The van der Waals surface area contributed by atoms with Gasteiger partial charge in [-0.05, 0) is 55.8 Å². The number of halogens is 1. The van der Waals surface area contributed by atoms with Crippen molar-refractivity contribution in [3.63, 3.8) is 0 Å². The number of carbonyl (C=O) groups is 2. The Hall–Kier alpha value is -4.41. The average molecular weight is 579 g/mol. The number of thiazole rings is 1. The molecule has 11 heteroatoms. The minimum atomic E-state index is -0.520. The van der Waals surface area contributed by atoms with Gasteiger partial charge >= 0.3 is 5.97 Å². The molecule has 40 heavy (non-hydrogen) atoms. The topological polar surface area (TPSA) is 111 Å². The van der Waals surface area contributed by atoms with Crippen molar-refractivity contribution in [2.45, 2.75) is 13.8 Å². The summed E-state index contributed by atoms with van der Waals surface area (Å²) in [5.74, 6) is -0.389. The van der Waals surface area contributed by atoms with Crippen LogP contribution >= 0.6 is 22.9 Å². The Labute approximate surface area is 240 Å². The molecule has 1 amide bonds. The highest BCUT2D eigenvalue weighted by Crippen LogP contribution is 2.36. The second kappa shape index (κ2) is 13.6. The van der Waals surface area contributed by atoms with Crippen molar-refractivity contribution in [1.29, 1.82) is 0 Å². The lowest BCUT2D eigenvalue weighted by atomic mass is 10.1. The zero-order valence-corrected chi connectivity index (χ0v) is 23.6. The van der Waals surface area contributed by atoms with Crippen LogP contribution in [-0.2, 0) is 9.53 Å². The first kappa shape index (κ1) is 28.6. The SMILES string of the molecule is CCOC(=O)COc1c(Cl)cc(/C=N\NC(=O)c2ccc(-c3csc(Nc4ccc(C)cc4)n3)cc2)cc1OC. The molecule has 4 aromatic rings. The highest BCUT2D eigenvalue weighted by Gasteiger charge is 2.14. The van der Waals surface area contributed by atoms with E-state index in [-0.39, 0.29) is 29.9 Å². The quantitative estimate of drug-likeness (QED) is 0.123. The van der Waals surface area contributed by atoms with Gasteiger partial charge in [-0.3, -0.25) is 4.79 Å². The smallest absolute Gasteiger partial charge is 0.344 e. The van der Waals surface area contributed by atoms with Crippen LogP contribution < -0.4 is 20.2 Å². The fourth-order valence-electron chi connectivity index (χ4n) is 3.53. The molecule has 0 saturated carbocycles. The zero-order chi connectivity index (χ0) is 28.5. The molecule has 9 nitrogen and oxygen atoms in total. The molecule has 0 atom stereocenters. The van der Waals surface area contributed by atoms with Gasteiger partial charge in [0.2, 0.25) is 0 Å². The number of carbonyl (C=O) groups excluding carboxylic acids is 2. The average Bonchev–Trinajstić information content (AvgIpc) is 3.42. The minimum Gasteiger partial charge on any atom is -0.493 e. The van der Waals surface area contributed by atoms with Gasteiger partial charge in [-0.1, -0.05) is 41.4 Å². The zero-order valence-electron chi connectivity index (χ0n) is 22.1. The van der Waals surface area contributed by atoms with Crippen molar-refractivity contribution >= 4 is 51.8 Å². The number of hydrogen-bond acceptors (Lipinski definition) is 9. The fourth-order valence-corrected chi connectivity index (χ4v) is 4.55. The number of methoxy groups -OCH3 is 1. The number of ether oxygens (including phenoxy) is 3. The number of hydrogen-bond donors (Lipinski definition) is 2. The lowest BCUT2D eigenvalue weighted by Gasteiger charge is -2.12. The molecule has 3 aromatic carbocycles. The summed E-state index contributed by atoms with van der Waals surface area (Å²) >= 11 is 7.82. The normalized spacial score (nSPS) is 10.8. The fraction of sp³-hybridized carbons (Fsp3) is 0.172. The summed E-state index contributed by atoms with van der Waals surface area (Å²) in [6.07, 6.45) is 1.42. The van der Waals surface area contributed by atoms with Crippen LogP contribution in [0.3, 0.4) is 0 Å². The molecule has 0 unspecified atom stereocenters. The Morgan fingerprint density at radius 1 is 1.10 bits per heavy atom. The number of nitrogens with zero attached hydrogens (tertiary/aromatic N) is 2. The van der Waals surface area contributed by atoms with Gasteiger partial charge < -0.3 is 19.5 Å². The summed E-state index contributed by atoms with van der Waals surface area (Å²) in [7, 11) is 1.45. The lowest BCUT2D eigenvalue weighted by molar-refractivity contribution is -0.145. The Kier molecular flexibility index (Phi) is 9.71. The first-order chi connectivity index (χ1) is 19.4. The van der Waals surface area contributed by atoms with E-state index in [1.807, 2.05) is 48.7 Å². The maximum Gasteiger partial charge on any atom is 0.344 e. The van der Waals surface area contributed by atoms with E-state index in [0.29, 0.717) is 16.9 Å². The number of esters is 1. The van der Waals surface area contributed by atoms with Crippen molar-refractivity contribution in [3.05, 3.63) is 87.8 Å². The molecule has 0 fully saturated rings. The van der Waals surface area contributed by atoms with E-state index in [1.165, 1.54) is 30.2 Å². The van der Waals surface area contributed by atoms with Gasteiger partial charge in [0.15, 0.2) is 23.2 Å².